The Morgan fingerprint density at radius 1 is 1.09 bits per heavy atom. The summed E-state index contributed by atoms with van der Waals surface area (Å²) in [5.41, 5.74) is 1.81. The van der Waals surface area contributed by atoms with E-state index in [4.69, 9.17) is 32.7 Å². The zero-order valence-electron chi connectivity index (χ0n) is 12.3. The van der Waals surface area contributed by atoms with Gasteiger partial charge in [0.15, 0.2) is 0 Å². The van der Waals surface area contributed by atoms with E-state index in [1.165, 1.54) is 7.11 Å². The zero-order valence-corrected chi connectivity index (χ0v) is 13.8. The smallest absolute Gasteiger partial charge is 0.312 e. The van der Waals surface area contributed by atoms with Crippen LogP contribution in [0.5, 0.6) is 5.75 Å². The Morgan fingerprint density at radius 3 is 2.36 bits per heavy atom. The number of halogens is 2. The second kappa shape index (κ2) is 7.52. The molecule has 0 bridgehead atoms. The molecule has 5 heteroatoms. The van der Waals surface area contributed by atoms with Crippen LogP contribution in [0, 0.1) is 0 Å². The molecule has 0 aliphatic heterocycles. The van der Waals surface area contributed by atoms with Crippen molar-refractivity contribution in [2.75, 3.05) is 7.11 Å². The molecule has 22 heavy (non-hydrogen) atoms. The summed E-state index contributed by atoms with van der Waals surface area (Å²) in [5.74, 6) is 0.158. The lowest BCUT2D eigenvalue weighted by Crippen LogP contribution is -2.10. The lowest BCUT2D eigenvalue weighted by molar-refractivity contribution is -0.141. The molecule has 0 saturated heterocycles. The van der Waals surface area contributed by atoms with Gasteiger partial charge in [0.2, 0.25) is 0 Å². The third-order valence-electron chi connectivity index (χ3n) is 3.32. The van der Waals surface area contributed by atoms with Crippen molar-refractivity contribution < 1.29 is 14.3 Å². The van der Waals surface area contributed by atoms with Crippen molar-refractivity contribution in [2.45, 2.75) is 19.4 Å². The minimum Gasteiger partial charge on any atom is -0.489 e. The van der Waals surface area contributed by atoms with Crippen LogP contribution in [0.15, 0.2) is 42.5 Å². The minimum atomic E-state index is -0.297. The van der Waals surface area contributed by atoms with Gasteiger partial charge in [-0.05, 0) is 42.3 Å². The Bertz CT molecular complexity index is 653. The highest BCUT2D eigenvalue weighted by Crippen LogP contribution is 2.24. The van der Waals surface area contributed by atoms with Crippen molar-refractivity contribution in [1.82, 2.24) is 0 Å². The van der Waals surface area contributed by atoms with Crippen LogP contribution in [0.1, 0.15) is 24.0 Å². The first-order valence-electron chi connectivity index (χ1n) is 6.75. The Kier molecular flexibility index (Phi) is 5.69. The predicted octanol–water partition coefficient (Wildman–Crippen LogP) is 4.85. The molecule has 0 aliphatic rings. The van der Waals surface area contributed by atoms with Crippen LogP contribution in [-0.2, 0) is 16.1 Å². The molecule has 0 radical (unpaired) electrons. The highest BCUT2D eigenvalue weighted by Gasteiger charge is 2.15. The van der Waals surface area contributed by atoms with Crippen molar-refractivity contribution in [3.05, 3.63) is 63.6 Å². The second-order valence-corrected chi connectivity index (χ2v) is 5.67. The van der Waals surface area contributed by atoms with E-state index < -0.39 is 0 Å². The number of carbonyl (C=O) groups is 1. The highest BCUT2D eigenvalue weighted by molar-refractivity contribution is 6.42. The number of ether oxygens (including phenoxy) is 2. The van der Waals surface area contributed by atoms with E-state index in [9.17, 15) is 4.79 Å². The summed E-state index contributed by atoms with van der Waals surface area (Å²) in [6, 6.07) is 12.7. The summed E-state index contributed by atoms with van der Waals surface area (Å²) >= 11 is 11.8. The fourth-order valence-electron chi connectivity index (χ4n) is 1.96. The quantitative estimate of drug-likeness (QED) is 0.731. The van der Waals surface area contributed by atoms with Crippen molar-refractivity contribution in [2.24, 2.45) is 0 Å². The van der Waals surface area contributed by atoms with Crippen LogP contribution in [0.25, 0.3) is 0 Å². The van der Waals surface area contributed by atoms with Crippen molar-refractivity contribution in [3.63, 3.8) is 0 Å². The summed E-state index contributed by atoms with van der Waals surface area (Å²) in [7, 11) is 1.38. The number of esters is 1. The molecule has 0 spiro atoms. The average Bonchev–Trinajstić information content (AvgIpc) is 2.55. The van der Waals surface area contributed by atoms with Crippen molar-refractivity contribution in [1.29, 1.82) is 0 Å². The standard InChI is InChI=1S/C17H16Cl2O3/c1-11(17(20)21-2)13-4-6-14(7-5-13)22-10-12-3-8-15(18)16(19)9-12/h3-9,11H,10H2,1-2H3/t11-/m0/s1. The highest BCUT2D eigenvalue weighted by atomic mass is 35.5. The molecular formula is C17H16Cl2O3. The molecule has 0 N–H and O–H groups in total. The molecule has 3 nitrogen and oxygen atoms in total. The van der Waals surface area contributed by atoms with Gasteiger partial charge >= 0.3 is 5.97 Å². The first-order chi connectivity index (χ1) is 10.5. The molecule has 0 aromatic heterocycles. The summed E-state index contributed by atoms with van der Waals surface area (Å²) in [6.45, 7) is 2.19. The number of carbonyl (C=O) groups excluding carboxylic acids is 1. The van der Waals surface area contributed by atoms with Gasteiger partial charge in [0.05, 0.1) is 23.1 Å². The molecule has 0 fully saturated rings. The molecule has 2 aromatic rings. The van der Waals surface area contributed by atoms with E-state index in [1.54, 1.807) is 19.1 Å². The Morgan fingerprint density at radius 2 is 1.77 bits per heavy atom. The maximum atomic E-state index is 11.5. The summed E-state index contributed by atoms with van der Waals surface area (Å²) < 4.78 is 10.4. The van der Waals surface area contributed by atoms with Gasteiger partial charge in [-0.2, -0.15) is 0 Å². The summed E-state index contributed by atoms with van der Waals surface area (Å²) in [5, 5.41) is 1.02. The Labute approximate surface area is 139 Å². The van der Waals surface area contributed by atoms with Gasteiger partial charge in [-0.15, -0.1) is 0 Å². The number of hydrogen-bond donors (Lipinski definition) is 0. The topological polar surface area (TPSA) is 35.5 Å². The average molecular weight is 339 g/mol. The fraction of sp³-hybridized carbons (Fsp3) is 0.235. The minimum absolute atomic E-state index is 0.260. The molecule has 0 amide bonds. The molecular weight excluding hydrogens is 323 g/mol. The van der Waals surface area contributed by atoms with Crippen LogP contribution in [0.3, 0.4) is 0 Å². The second-order valence-electron chi connectivity index (χ2n) is 4.85. The van der Waals surface area contributed by atoms with Gasteiger partial charge in [-0.25, -0.2) is 0 Å². The molecule has 0 saturated carbocycles. The molecule has 0 heterocycles. The van der Waals surface area contributed by atoms with Gasteiger partial charge in [0, 0.05) is 0 Å². The maximum absolute atomic E-state index is 11.5. The van der Waals surface area contributed by atoms with Crippen LogP contribution in [-0.4, -0.2) is 13.1 Å². The van der Waals surface area contributed by atoms with Gasteiger partial charge in [-0.1, -0.05) is 41.4 Å². The Balaban J connectivity index is 1.99. The molecule has 1 atom stereocenters. The predicted molar refractivity (Wildman–Crippen MR) is 87.7 cm³/mol. The number of hydrogen-bond acceptors (Lipinski definition) is 3. The first-order valence-corrected chi connectivity index (χ1v) is 7.51. The maximum Gasteiger partial charge on any atom is 0.312 e. The van der Waals surface area contributed by atoms with E-state index in [0.29, 0.717) is 22.4 Å². The lowest BCUT2D eigenvalue weighted by atomic mass is 10.0. The number of methoxy groups -OCH3 is 1. The van der Waals surface area contributed by atoms with E-state index in [0.717, 1.165) is 11.1 Å². The third kappa shape index (κ3) is 4.15. The first kappa shape index (κ1) is 16.7. The SMILES string of the molecule is COC(=O)[C@@H](C)c1ccc(OCc2ccc(Cl)c(Cl)c2)cc1. The van der Waals surface area contributed by atoms with Gasteiger partial charge < -0.3 is 9.47 Å². The molecule has 2 aromatic carbocycles. The van der Waals surface area contributed by atoms with Crippen LogP contribution < -0.4 is 4.74 Å². The monoisotopic (exact) mass is 338 g/mol. The van der Waals surface area contributed by atoms with Gasteiger partial charge in [0.25, 0.3) is 0 Å². The Hall–Kier alpha value is -1.71. The lowest BCUT2D eigenvalue weighted by Gasteiger charge is -2.11. The van der Waals surface area contributed by atoms with E-state index >= 15 is 0 Å². The number of benzene rings is 2. The van der Waals surface area contributed by atoms with Crippen LogP contribution in [0.4, 0.5) is 0 Å². The van der Waals surface area contributed by atoms with E-state index in [2.05, 4.69) is 0 Å². The van der Waals surface area contributed by atoms with Gasteiger partial charge in [-0.3, -0.25) is 4.79 Å². The van der Waals surface area contributed by atoms with Crippen molar-refractivity contribution >= 4 is 29.2 Å². The number of rotatable bonds is 5. The normalized spacial score (nSPS) is 11.8. The third-order valence-corrected chi connectivity index (χ3v) is 4.06. The summed E-state index contributed by atoms with van der Waals surface area (Å²) in [6.07, 6.45) is 0. The zero-order chi connectivity index (χ0) is 16.1. The fourth-order valence-corrected chi connectivity index (χ4v) is 2.28. The summed E-state index contributed by atoms with van der Waals surface area (Å²) in [4.78, 5) is 11.5. The van der Waals surface area contributed by atoms with E-state index in [-0.39, 0.29) is 11.9 Å². The molecule has 0 unspecified atom stereocenters. The van der Waals surface area contributed by atoms with Crippen molar-refractivity contribution in [3.8, 4) is 5.75 Å². The molecule has 116 valence electrons. The molecule has 2 rings (SSSR count). The molecule has 0 aliphatic carbocycles. The van der Waals surface area contributed by atoms with Crippen LogP contribution >= 0.6 is 23.2 Å². The van der Waals surface area contributed by atoms with E-state index in [1.807, 2.05) is 30.3 Å². The van der Waals surface area contributed by atoms with Crippen LogP contribution in [0.2, 0.25) is 10.0 Å². The van der Waals surface area contributed by atoms with Gasteiger partial charge in [0.1, 0.15) is 12.4 Å². The largest absolute Gasteiger partial charge is 0.489 e.